The maximum atomic E-state index is 14.2. The van der Waals surface area contributed by atoms with Crippen LogP contribution in [0.25, 0.3) is 21.6 Å². The van der Waals surface area contributed by atoms with Crippen LogP contribution in [0.5, 0.6) is 0 Å². The average molecular weight is 487 g/mol. The first-order valence-corrected chi connectivity index (χ1v) is 11.9. The lowest BCUT2D eigenvalue weighted by Crippen LogP contribution is -2.50. The highest BCUT2D eigenvalue weighted by atomic mass is 32.1. The summed E-state index contributed by atoms with van der Waals surface area (Å²) in [6.45, 7) is 1.81. The number of amides is 1. The maximum Gasteiger partial charge on any atom is 0.410 e. The fraction of sp³-hybridized carbons (Fsp3) is 0.391. The summed E-state index contributed by atoms with van der Waals surface area (Å²) in [6.07, 6.45) is -1.69. The van der Waals surface area contributed by atoms with Gasteiger partial charge in [0.1, 0.15) is 5.82 Å². The minimum atomic E-state index is -4.45. The molecular weight excluding hydrogens is 465 g/mol. The van der Waals surface area contributed by atoms with Crippen molar-refractivity contribution >= 4 is 34.1 Å². The van der Waals surface area contributed by atoms with E-state index in [1.807, 2.05) is 24.4 Å². The van der Waals surface area contributed by atoms with E-state index in [4.69, 9.17) is 4.98 Å². The second-order valence-electron chi connectivity index (χ2n) is 8.95. The van der Waals surface area contributed by atoms with Crippen LogP contribution in [0.4, 0.5) is 19.0 Å². The zero-order chi connectivity index (χ0) is 23.8. The molecule has 4 aromatic rings. The summed E-state index contributed by atoms with van der Waals surface area (Å²) in [6, 6.07) is 4.78. The number of thiophene rings is 1. The van der Waals surface area contributed by atoms with Crippen molar-refractivity contribution in [1.29, 1.82) is 0 Å². The molecular formula is C23H21F3N6OS. The molecule has 6 rings (SSSR count). The summed E-state index contributed by atoms with van der Waals surface area (Å²) in [4.78, 5) is 21.4. The van der Waals surface area contributed by atoms with Gasteiger partial charge in [-0.25, -0.2) is 9.67 Å². The molecule has 5 heterocycles. The van der Waals surface area contributed by atoms with Gasteiger partial charge in [-0.2, -0.15) is 23.4 Å². The number of anilines is 1. The molecule has 0 N–H and O–H groups in total. The van der Waals surface area contributed by atoms with E-state index in [1.54, 1.807) is 17.8 Å². The average Bonchev–Trinajstić information content (AvgIpc) is 3.18. The Bertz CT molecular complexity index is 1400. The minimum Gasteiger partial charge on any atom is -0.289 e. The van der Waals surface area contributed by atoms with Gasteiger partial charge in [-0.05, 0) is 49.6 Å². The molecule has 0 unspecified atom stereocenters. The Hall–Kier alpha value is -3.21. The Morgan fingerprint density at radius 2 is 2.03 bits per heavy atom. The SMILES string of the molecule is Cc1nn(C)c2nc(-c3cccs3)cc(C(=O)N3c4ccnn4[C@@H](C(F)(F)F)C[C@@H]3C3CC3)c12. The number of alkyl halides is 3. The van der Waals surface area contributed by atoms with Gasteiger partial charge in [0.25, 0.3) is 5.91 Å². The van der Waals surface area contributed by atoms with Gasteiger partial charge in [-0.3, -0.25) is 14.4 Å². The van der Waals surface area contributed by atoms with E-state index in [2.05, 4.69) is 10.2 Å². The fourth-order valence-corrected chi connectivity index (χ4v) is 5.73. The lowest BCUT2D eigenvalue weighted by molar-refractivity contribution is -0.174. The van der Waals surface area contributed by atoms with Crippen molar-refractivity contribution < 1.29 is 18.0 Å². The Morgan fingerprint density at radius 3 is 2.71 bits per heavy atom. The van der Waals surface area contributed by atoms with Crippen molar-refractivity contribution in [3.8, 4) is 10.6 Å². The van der Waals surface area contributed by atoms with Gasteiger partial charge in [0.05, 0.1) is 33.4 Å². The third-order valence-electron chi connectivity index (χ3n) is 6.72. The molecule has 2 atom stereocenters. The zero-order valence-electron chi connectivity index (χ0n) is 18.5. The molecule has 1 saturated carbocycles. The Morgan fingerprint density at radius 1 is 1.24 bits per heavy atom. The van der Waals surface area contributed by atoms with E-state index in [-0.39, 0.29) is 24.1 Å². The quantitative estimate of drug-likeness (QED) is 0.402. The van der Waals surface area contributed by atoms with Crippen LogP contribution in [0.1, 0.15) is 41.4 Å². The number of hydrogen-bond acceptors (Lipinski definition) is 5. The molecule has 1 amide bonds. The molecule has 0 spiro atoms. The van der Waals surface area contributed by atoms with Gasteiger partial charge >= 0.3 is 6.18 Å². The van der Waals surface area contributed by atoms with Crippen molar-refractivity contribution in [3.63, 3.8) is 0 Å². The highest BCUT2D eigenvalue weighted by molar-refractivity contribution is 7.13. The van der Waals surface area contributed by atoms with Crippen LogP contribution in [0.15, 0.2) is 35.8 Å². The number of halogens is 3. The van der Waals surface area contributed by atoms with Crippen molar-refractivity contribution in [1.82, 2.24) is 24.5 Å². The summed E-state index contributed by atoms with van der Waals surface area (Å²) in [5, 5.41) is 11.0. The summed E-state index contributed by atoms with van der Waals surface area (Å²) in [5.41, 5.74) is 2.24. The number of aryl methyl sites for hydroxylation is 2. The van der Waals surface area contributed by atoms with Gasteiger partial charge in [-0.1, -0.05) is 6.07 Å². The summed E-state index contributed by atoms with van der Waals surface area (Å²) >= 11 is 1.51. The van der Waals surface area contributed by atoms with E-state index in [0.29, 0.717) is 28.0 Å². The predicted octanol–water partition coefficient (Wildman–Crippen LogP) is 5.13. The highest BCUT2D eigenvalue weighted by Crippen LogP contribution is 2.48. The van der Waals surface area contributed by atoms with Gasteiger partial charge in [0.15, 0.2) is 11.7 Å². The van der Waals surface area contributed by atoms with Crippen LogP contribution >= 0.6 is 11.3 Å². The smallest absolute Gasteiger partial charge is 0.289 e. The van der Waals surface area contributed by atoms with Gasteiger partial charge in [0.2, 0.25) is 0 Å². The van der Waals surface area contributed by atoms with Crippen molar-refractivity contribution in [2.45, 2.75) is 44.4 Å². The molecule has 1 aliphatic carbocycles. The molecule has 34 heavy (non-hydrogen) atoms. The first-order chi connectivity index (χ1) is 16.2. The second-order valence-corrected chi connectivity index (χ2v) is 9.89. The number of carbonyl (C=O) groups excluding carboxylic acids is 1. The molecule has 7 nitrogen and oxygen atoms in total. The van der Waals surface area contributed by atoms with Crippen molar-refractivity contribution in [2.24, 2.45) is 13.0 Å². The minimum absolute atomic E-state index is 0.0431. The first kappa shape index (κ1) is 21.3. The number of nitrogens with zero attached hydrogens (tertiary/aromatic N) is 6. The Labute approximate surface area is 196 Å². The monoisotopic (exact) mass is 486 g/mol. The molecule has 11 heteroatoms. The van der Waals surface area contributed by atoms with Crippen LogP contribution in [-0.4, -0.2) is 42.7 Å². The van der Waals surface area contributed by atoms with Crippen LogP contribution in [0.2, 0.25) is 0 Å². The first-order valence-electron chi connectivity index (χ1n) is 11.1. The molecule has 0 aromatic carbocycles. The topological polar surface area (TPSA) is 68.8 Å². The van der Waals surface area contributed by atoms with Gasteiger partial charge in [0, 0.05) is 19.2 Å². The number of pyridine rings is 1. The summed E-state index contributed by atoms with van der Waals surface area (Å²) < 4.78 is 44.3. The van der Waals surface area contributed by atoms with E-state index < -0.39 is 18.3 Å². The largest absolute Gasteiger partial charge is 0.410 e. The highest BCUT2D eigenvalue weighted by Gasteiger charge is 2.52. The third-order valence-corrected chi connectivity index (χ3v) is 7.62. The van der Waals surface area contributed by atoms with E-state index in [9.17, 15) is 18.0 Å². The molecule has 0 saturated heterocycles. The molecule has 1 aliphatic heterocycles. The van der Waals surface area contributed by atoms with E-state index in [1.165, 1.54) is 28.5 Å². The summed E-state index contributed by atoms with van der Waals surface area (Å²) in [7, 11) is 1.77. The molecule has 1 fully saturated rings. The lowest BCUT2D eigenvalue weighted by atomic mass is 9.96. The molecule has 176 valence electrons. The molecule has 2 aliphatic rings. The summed E-state index contributed by atoms with van der Waals surface area (Å²) in [5.74, 6) is -0.123. The Kier molecular flexibility index (Phi) is 4.64. The van der Waals surface area contributed by atoms with E-state index in [0.717, 1.165) is 22.4 Å². The molecule has 4 aromatic heterocycles. The van der Waals surface area contributed by atoms with Crippen LogP contribution in [0, 0.1) is 12.8 Å². The number of hydrogen-bond donors (Lipinski definition) is 0. The zero-order valence-corrected chi connectivity index (χ0v) is 19.3. The van der Waals surface area contributed by atoms with Crippen molar-refractivity contribution in [3.05, 3.63) is 47.1 Å². The lowest BCUT2D eigenvalue weighted by Gasteiger charge is -2.40. The Balaban J connectivity index is 1.54. The van der Waals surface area contributed by atoms with Crippen LogP contribution in [-0.2, 0) is 7.05 Å². The predicted molar refractivity (Wildman–Crippen MR) is 122 cm³/mol. The second kappa shape index (κ2) is 7.39. The fourth-order valence-electron chi connectivity index (χ4n) is 5.05. The van der Waals surface area contributed by atoms with Gasteiger partial charge in [-0.15, -0.1) is 11.3 Å². The number of fused-ring (bicyclic) bond motifs is 2. The molecule has 0 radical (unpaired) electrons. The van der Waals surface area contributed by atoms with Crippen LogP contribution < -0.4 is 4.90 Å². The van der Waals surface area contributed by atoms with Gasteiger partial charge < -0.3 is 0 Å². The third kappa shape index (κ3) is 3.24. The number of carbonyl (C=O) groups is 1. The molecule has 0 bridgehead atoms. The number of rotatable bonds is 3. The van der Waals surface area contributed by atoms with E-state index >= 15 is 0 Å². The normalized spacial score (nSPS) is 20.7. The standard InChI is InChI=1S/C23H21F3N6OS/c1-12-20-14(10-15(17-4-3-9-34-17)28-21(20)30(2)29-12)22(33)31-16(13-5-6-13)11-18(23(24,25)26)32-19(31)7-8-27-32/h3-4,7-10,13,16,18H,5-6,11H2,1-2H3/t16-,18-/m1/s1. The van der Waals surface area contributed by atoms with Crippen molar-refractivity contribution in [2.75, 3.05) is 4.90 Å². The van der Waals surface area contributed by atoms with Crippen LogP contribution in [0.3, 0.4) is 0 Å². The maximum absolute atomic E-state index is 14.2. The number of aromatic nitrogens is 5.